The summed E-state index contributed by atoms with van der Waals surface area (Å²) in [4.78, 5) is 0. The number of benzene rings is 1. The maximum absolute atomic E-state index is 10.5. The zero-order valence-corrected chi connectivity index (χ0v) is 14.0. The fourth-order valence-corrected chi connectivity index (χ4v) is 3.00. The van der Waals surface area contributed by atoms with Gasteiger partial charge in [0.15, 0.2) is 0 Å². The zero-order valence-electron chi connectivity index (χ0n) is 12.3. The average Bonchev–Trinajstić information content (AvgIpc) is 2.86. The van der Waals surface area contributed by atoms with Gasteiger partial charge in [0.05, 0.1) is 6.10 Å². The fraction of sp³-hybridized carbons (Fsp3) is 0.533. The third-order valence-corrected chi connectivity index (χ3v) is 4.24. The van der Waals surface area contributed by atoms with Gasteiger partial charge in [-0.1, -0.05) is 52.1 Å². The molecule has 2 unspecified atom stereocenters. The van der Waals surface area contributed by atoms with Crippen molar-refractivity contribution in [3.05, 3.63) is 35.9 Å². The summed E-state index contributed by atoms with van der Waals surface area (Å²) in [6, 6.07) is 8.96. The van der Waals surface area contributed by atoms with Crippen molar-refractivity contribution in [1.29, 1.82) is 0 Å². The van der Waals surface area contributed by atoms with Crippen molar-refractivity contribution in [2.75, 3.05) is 11.5 Å². The summed E-state index contributed by atoms with van der Waals surface area (Å²) in [5.74, 6) is 0.328. The second kappa shape index (κ2) is 12.1. The predicted molar refractivity (Wildman–Crippen MR) is 101 cm³/mol. The lowest BCUT2D eigenvalue weighted by Crippen LogP contribution is -2.23. The predicted octanol–water partition coefficient (Wildman–Crippen LogP) is 3.79. The van der Waals surface area contributed by atoms with Crippen molar-refractivity contribution in [2.45, 2.75) is 40.8 Å². The molecule has 24 heavy (non-hydrogen) atoms. The van der Waals surface area contributed by atoms with E-state index in [0.717, 1.165) is 11.3 Å². The van der Waals surface area contributed by atoms with Crippen LogP contribution in [0.15, 0.2) is 45.8 Å². The lowest BCUT2D eigenvalue weighted by atomic mass is 10.1. The molecule has 0 spiro atoms. The Hall–Kier alpha value is -1.29. The molecule has 0 amide bonds. The highest BCUT2D eigenvalue weighted by molar-refractivity contribution is 8.14. The zero-order chi connectivity index (χ0) is 16.6. The highest BCUT2D eigenvalue weighted by atomic mass is 32.2. The van der Waals surface area contributed by atoms with Crippen molar-refractivity contribution < 1.29 is 18.1 Å². The Balaban J connectivity index is 0. The molecule has 9 heteroatoms. The Bertz CT molecular complexity index is 617. The van der Waals surface area contributed by atoms with Gasteiger partial charge >= 0.3 is 0 Å². The van der Waals surface area contributed by atoms with Crippen LogP contribution in [0.3, 0.4) is 0 Å². The van der Waals surface area contributed by atoms with E-state index >= 15 is 0 Å². The maximum atomic E-state index is 10.5. The summed E-state index contributed by atoms with van der Waals surface area (Å²) in [5, 5.41) is 20.2. The molecule has 0 radical (unpaired) electrons. The van der Waals surface area contributed by atoms with Crippen molar-refractivity contribution in [2.24, 2.45) is 15.4 Å². The van der Waals surface area contributed by atoms with E-state index in [0.29, 0.717) is 5.04 Å². The normalized spacial score (nSPS) is 16.8. The molecule has 138 valence electrons. The van der Waals surface area contributed by atoms with Gasteiger partial charge in [0, 0.05) is 0 Å². The minimum absolute atomic E-state index is 0. The van der Waals surface area contributed by atoms with Crippen LogP contribution in [0.2, 0.25) is 0 Å². The maximum Gasteiger partial charge on any atom is 0.267 e. The van der Waals surface area contributed by atoms with E-state index in [1.54, 1.807) is 6.92 Å². The number of aliphatic hydroxyl groups is 1. The molecule has 2 rings (SSSR count). The van der Waals surface area contributed by atoms with Crippen LogP contribution < -0.4 is 0 Å². The Morgan fingerprint density at radius 3 is 2.25 bits per heavy atom. The number of thioether (sulfide) groups is 1. The molecule has 1 aromatic carbocycles. The van der Waals surface area contributed by atoms with Gasteiger partial charge in [0.1, 0.15) is 16.8 Å². The molecule has 2 atom stereocenters. The minimum atomic E-state index is -4.01. The van der Waals surface area contributed by atoms with Crippen LogP contribution in [0.4, 0.5) is 0 Å². The van der Waals surface area contributed by atoms with Gasteiger partial charge < -0.3 is 5.11 Å². The van der Waals surface area contributed by atoms with Crippen LogP contribution in [-0.4, -0.2) is 40.7 Å². The smallest absolute Gasteiger partial charge is 0.267 e. The molecule has 0 fully saturated rings. The summed E-state index contributed by atoms with van der Waals surface area (Å²) in [6.07, 6.45) is -0.341. The molecule has 1 heterocycles. The molecule has 1 aromatic rings. The van der Waals surface area contributed by atoms with E-state index in [9.17, 15) is 8.42 Å². The third-order valence-electron chi connectivity index (χ3n) is 2.56. The van der Waals surface area contributed by atoms with Crippen LogP contribution in [0.5, 0.6) is 0 Å². The largest absolute Gasteiger partial charge is 0.389 e. The molecule has 0 aliphatic carbocycles. The summed E-state index contributed by atoms with van der Waals surface area (Å²) in [6.45, 7) is 3.67. The van der Waals surface area contributed by atoms with Crippen LogP contribution in [0.25, 0.3) is 0 Å². The quantitative estimate of drug-likeness (QED) is 0.775. The van der Waals surface area contributed by atoms with E-state index in [1.165, 1.54) is 11.8 Å². The summed E-state index contributed by atoms with van der Waals surface area (Å²) < 4.78 is 29.6. The Kier molecular flexibility index (Phi) is 12.6. The first-order chi connectivity index (χ1) is 10.3. The Labute approximate surface area is 149 Å². The third kappa shape index (κ3) is 9.76. The van der Waals surface area contributed by atoms with Gasteiger partial charge in [0.25, 0.3) is 10.1 Å². The van der Waals surface area contributed by atoms with E-state index in [-0.39, 0.29) is 21.0 Å². The molecular weight excluding hydrogens is 350 g/mol. The van der Waals surface area contributed by atoms with Crippen LogP contribution in [0.1, 0.15) is 40.4 Å². The highest BCUT2D eigenvalue weighted by Crippen LogP contribution is 2.17. The number of aliphatic hydroxyl groups excluding tert-OH is 1. The van der Waals surface area contributed by atoms with E-state index in [1.807, 2.05) is 37.3 Å². The van der Waals surface area contributed by atoms with E-state index in [2.05, 4.69) is 15.4 Å². The van der Waals surface area contributed by atoms with Crippen molar-refractivity contribution >= 4 is 26.9 Å². The first-order valence-electron chi connectivity index (χ1n) is 6.62. The lowest BCUT2D eigenvalue weighted by molar-refractivity contribution is 0.199. The molecule has 0 bridgehead atoms. The standard InChI is InChI=1S/C8H10O.C5H9N3O3S2.2CH4/c1-7(9)8-5-3-2-4-6-8;1-2-12-5-4(6-8-7-5)3-13(9,10)11;;/h2-7,9H,1H3;4H,2-3H2,1H3,(H,9,10,11);2*1H4. The molecule has 0 saturated carbocycles. The van der Waals surface area contributed by atoms with Gasteiger partial charge in [0.2, 0.25) is 0 Å². The van der Waals surface area contributed by atoms with E-state index < -0.39 is 21.9 Å². The van der Waals surface area contributed by atoms with Gasteiger partial charge in [-0.3, -0.25) is 4.55 Å². The number of hydrogen-bond acceptors (Lipinski definition) is 7. The minimum Gasteiger partial charge on any atom is -0.389 e. The summed E-state index contributed by atoms with van der Waals surface area (Å²) >= 11 is 1.37. The number of rotatable bonds is 4. The van der Waals surface area contributed by atoms with Crippen molar-refractivity contribution in [3.8, 4) is 0 Å². The van der Waals surface area contributed by atoms with Crippen LogP contribution >= 0.6 is 11.8 Å². The Morgan fingerprint density at radius 1 is 1.25 bits per heavy atom. The molecule has 0 aromatic heterocycles. The first kappa shape index (κ1) is 25.0. The second-order valence-electron chi connectivity index (χ2n) is 4.43. The van der Waals surface area contributed by atoms with Gasteiger partial charge in [-0.25, -0.2) is 0 Å². The molecule has 0 saturated heterocycles. The topological polar surface area (TPSA) is 112 Å². The Morgan fingerprint density at radius 2 is 1.83 bits per heavy atom. The fourth-order valence-electron chi connectivity index (χ4n) is 1.56. The van der Waals surface area contributed by atoms with E-state index in [4.69, 9.17) is 9.66 Å². The summed E-state index contributed by atoms with van der Waals surface area (Å²) in [7, 11) is -4.01. The van der Waals surface area contributed by atoms with Crippen molar-refractivity contribution in [1.82, 2.24) is 0 Å². The first-order valence-corrected chi connectivity index (χ1v) is 9.21. The highest BCUT2D eigenvalue weighted by Gasteiger charge is 2.25. The molecule has 7 nitrogen and oxygen atoms in total. The van der Waals surface area contributed by atoms with Gasteiger partial charge in [-0.2, -0.15) is 13.5 Å². The molecule has 1 aliphatic rings. The molecule has 1 aliphatic heterocycles. The van der Waals surface area contributed by atoms with Gasteiger partial charge in [-0.05, 0) is 23.5 Å². The summed E-state index contributed by atoms with van der Waals surface area (Å²) in [5.41, 5.74) is 0.970. The van der Waals surface area contributed by atoms with Gasteiger partial charge in [-0.15, -0.1) is 16.9 Å². The monoisotopic (exact) mass is 377 g/mol. The second-order valence-corrected chi connectivity index (χ2v) is 7.21. The SMILES string of the molecule is C.C.CC(O)c1ccccc1.CCSC1=NN=NC1CS(=O)(=O)O. The lowest BCUT2D eigenvalue weighted by Gasteiger charge is -2.04. The molecule has 2 N–H and O–H groups in total. The number of hydrogen-bond donors (Lipinski definition) is 2. The van der Waals surface area contributed by atoms with Crippen LogP contribution in [-0.2, 0) is 10.1 Å². The van der Waals surface area contributed by atoms with Crippen LogP contribution in [0, 0.1) is 0 Å². The number of nitrogens with zero attached hydrogens (tertiary/aromatic N) is 3. The molecular formula is C15H27N3O4S2. The average molecular weight is 378 g/mol. The van der Waals surface area contributed by atoms with Crippen molar-refractivity contribution in [3.63, 3.8) is 0 Å².